The van der Waals surface area contributed by atoms with E-state index in [2.05, 4.69) is 6.58 Å². The Morgan fingerprint density at radius 3 is 1.97 bits per heavy atom. The second kappa shape index (κ2) is 8.61. The fraction of sp³-hybridized carbons (Fsp3) is 0.125. The molecule has 3 aromatic rings. The van der Waals surface area contributed by atoms with Crippen molar-refractivity contribution in [2.45, 2.75) is 31.4 Å². The highest BCUT2D eigenvalue weighted by Gasteiger charge is 2.44. The van der Waals surface area contributed by atoms with Crippen LogP contribution in [0.15, 0.2) is 109 Å². The first-order valence-corrected chi connectivity index (χ1v) is 12.3. The summed E-state index contributed by atoms with van der Waals surface area (Å²) in [6, 6.07) is 21.9. The molecule has 158 valence electrons. The van der Waals surface area contributed by atoms with Crippen molar-refractivity contribution in [3.8, 4) is 5.75 Å². The summed E-state index contributed by atoms with van der Waals surface area (Å²) < 4.78 is 36.9. The molecule has 0 amide bonds. The van der Waals surface area contributed by atoms with Crippen molar-refractivity contribution in [3.05, 3.63) is 84.9 Å². The molecule has 1 aliphatic rings. The molecule has 0 bridgehead atoms. The van der Waals surface area contributed by atoms with Gasteiger partial charge in [0.15, 0.2) is 14.7 Å². The zero-order valence-corrected chi connectivity index (χ0v) is 18.5. The third kappa shape index (κ3) is 4.11. The van der Waals surface area contributed by atoms with Gasteiger partial charge in [-0.15, -0.1) is 0 Å². The number of carbonyl (C=O) groups excluding carboxylic acids is 1. The molecule has 0 saturated carbocycles. The zero-order valence-electron chi connectivity index (χ0n) is 16.9. The Hall–Kier alpha value is -3.03. The van der Waals surface area contributed by atoms with E-state index in [0.717, 1.165) is 14.7 Å². The van der Waals surface area contributed by atoms with E-state index >= 15 is 0 Å². The van der Waals surface area contributed by atoms with Crippen molar-refractivity contribution in [2.75, 3.05) is 13.2 Å². The SMILES string of the molecule is C=C(C)C(=O)OCCOc1ccc([S+]2c3ccccc3S(=O)(=O)c3ccccc32)cc1. The highest BCUT2D eigenvalue weighted by atomic mass is 32.2. The smallest absolute Gasteiger partial charge is 0.333 e. The molecule has 0 aromatic heterocycles. The Morgan fingerprint density at radius 1 is 0.871 bits per heavy atom. The van der Waals surface area contributed by atoms with Crippen LogP contribution >= 0.6 is 0 Å². The highest BCUT2D eigenvalue weighted by Crippen LogP contribution is 2.44. The minimum Gasteiger partial charge on any atom is -0.490 e. The summed E-state index contributed by atoms with van der Waals surface area (Å²) in [4.78, 5) is 14.7. The molecule has 1 aliphatic heterocycles. The van der Waals surface area contributed by atoms with Gasteiger partial charge in [0.1, 0.15) is 39.6 Å². The maximum Gasteiger partial charge on any atom is 0.333 e. The van der Waals surface area contributed by atoms with E-state index in [9.17, 15) is 13.2 Å². The van der Waals surface area contributed by atoms with Gasteiger partial charge >= 0.3 is 5.97 Å². The standard InChI is InChI=1S/C24H21O5S2/c1-17(2)24(25)29-16-15-28-18-11-13-19(14-12-18)30-20-7-3-5-9-22(20)31(26,27)23-10-6-4-8-21(23)30/h3-14H,1,15-16H2,2H3/q+1. The molecule has 1 heterocycles. The van der Waals surface area contributed by atoms with Crippen LogP contribution in [0.25, 0.3) is 0 Å². The van der Waals surface area contributed by atoms with Crippen LogP contribution in [0, 0.1) is 0 Å². The third-order valence-corrected chi connectivity index (χ3v) is 9.17. The van der Waals surface area contributed by atoms with Crippen LogP contribution in [0.1, 0.15) is 6.92 Å². The highest BCUT2D eigenvalue weighted by molar-refractivity contribution is 8.00. The molecule has 0 saturated heterocycles. The van der Waals surface area contributed by atoms with E-state index in [0.29, 0.717) is 21.1 Å². The lowest BCUT2D eigenvalue weighted by Gasteiger charge is -2.19. The Morgan fingerprint density at radius 2 is 1.42 bits per heavy atom. The van der Waals surface area contributed by atoms with E-state index in [1.807, 2.05) is 48.5 Å². The van der Waals surface area contributed by atoms with Gasteiger partial charge in [0.05, 0.1) is 0 Å². The van der Waals surface area contributed by atoms with Crippen molar-refractivity contribution in [1.82, 2.24) is 0 Å². The summed E-state index contributed by atoms with van der Waals surface area (Å²) in [5.74, 6) is 0.203. The van der Waals surface area contributed by atoms with E-state index < -0.39 is 26.7 Å². The van der Waals surface area contributed by atoms with Gasteiger partial charge in [0, 0.05) is 5.57 Å². The molecule has 0 N–H and O–H groups in total. The first-order chi connectivity index (χ1) is 14.9. The maximum atomic E-state index is 13.1. The van der Waals surface area contributed by atoms with Crippen molar-refractivity contribution >= 4 is 26.7 Å². The predicted molar refractivity (Wildman–Crippen MR) is 118 cm³/mol. The van der Waals surface area contributed by atoms with Crippen molar-refractivity contribution < 1.29 is 22.7 Å². The molecular weight excluding hydrogens is 432 g/mol. The van der Waals surface area contributed by atoms with Crippen LogP contribution in [0.5, 0.6) is 5.75 Å². The van der Waals surface area contributed by atoms with Gasteiger partial charge < -0.3 is 9.47 Å². The number of rotatable bonds is 6. The number of fused-ring (bicyclic) bond motifs is 2. The predicted octanol–water partition coefficient (Wildman–Crippen LogP) is 4.43. The zero-order chi connectivity index (χ0) is 22.0. The average Bonchev–Trinajstić information content (AvgIpc) is 2.78. The summed E-state index contributed by atoms with van der Waals surface area (Å²) in [6.07, 6.45) is 0. The van der Waals surface area contributed by atoms with Gasteiger partial charge in [0.2, 0.25) is 9.84 Å². The second-order valence-electron chi connectivity index (χ2n) is 6.94. The Kier molecular flexibility index (Phi) is 5.89. The number of esters is 1. The van der Waals surface area contributed by atoms with E-state index in [4.69, 9.17) is 9.47 Å². The van der Waals surface area contributed by atoms with Crippen LogP contribution in [0.4, 0.5) is 0 Å². The topological polar surface area (TPSA) is 69.7 Å². The summed E-state index contributed by atoms with van der Waals surface area (Å²) in [5.41, 5.74) is 0.348. The van der Waals surface area contributed by atoms with Gasteiger partial charge in [-0.25, -0.2) is 13.2 Å². The Bertz CT molecular complexity index is 1190. The number of hydrogen-bond acceptors (Lipinski definition) is 5. The number of hydrogen-bond donors (Lipinski definition) is 0. The summed E-state index contributed by atoms with van der Waals surface area (Å²) in [6.45, 7) is 5.49. The third-order valence-electron chi connectivity index (χ3n) is 4.71. The molecule has 31 heavy (non-hydrogen) atoms. The monoisotopic (exact) mass is 453 g/mol. The molecule has 5 nitrogen and oxygen atoms in total. The fourth-order valence-corrected chi connectivity index (χ4v) is 7.96. The molecule has 0 spiro atoms. The van der Waals surface area contributed by atoms with Crippen LogP contribution < -0.4 is 4.74 Å². The van der Waals surface area contributed by atoms with Gasteiger partial charge in [-0.2, -0.15) is 0 Å². The van der Waals surface area contributed by atoms with Crippen LogP contribution in [0.3, 0.4) is 0 Å². The molecule has 7 heteroatoms. The average molecular weight is 454 g/mol. The maximum absolute atomic E-state index is 13.1. The normalized spacial score (nSPS) is 14.2. The van der Waals surface area contributed by atoms with Gasteiger partial charge in [0.25, 0.3) is 0 Å². The summed E-state index contributed by atoms with van der Waals surface area (Å²) >= 11 is 0. The lowest BCUT2D eigenvalue weighted by Crippen LogP contribution is -2.20. The molecular formula is C24H21O5S2+. The fourth-order valence-electron chi connectivity index (χ4n) is 3.26. The van der Waals surface area contributed by atoms with Gasteiger partial charge in [-0.3, -0.25) is 0 Å². The van der Waals surface area contributed by atoms with E-state index in [1.54, 1.807) is 31.2 Å². The first kappa shape index (κ1) is 21.2. The second-order valence-corrected chi connectivity index (χ2v) is 10.8. The van der Waals surface area contributed by atoms with Crippen LogP contribution in [-0.4, -0.2) is 27.6 Å². The minimum atomic E-state index is -3.54. The first-order valence-electron chi connectivity index (χ1n) is 9.62. The van der Waals surface area contributed by atoms with Crippen molar-refractivity contribution in [3.63, 3.8) is 0 Å². The Labute approximate surface area is 184 Å². The summed E-state index contributed by atoms with van der Waals surface area (Å²) in [7, 11) is -4.09. The molecule has 0 atom stereocenters. The van der Waals surface area contributed by atoms with Crippen molar-refractivity contribution in [2.24, 2.45) is 0 Å². The van der Waals surface area contributed by atoms with E-state index in [1.165, 1.54) is 0 Å². The number of carbonyl (C=O) groups is 1. The lowest BCUT2D eigenvalue weighted by atomic mass is 10.3. The molecule has 0 aliphatic carbocycles. The minimum absolute atomic E-state index is 0.135. The number of ether oxygens (including phenoxy) is 2. The number of sulfone groups is 1. The van der Waals surface area contributed by atoms with Crippen LogP contribution in [0.2, 0.25) is 0 Å². The quantitative estimate of drug-likeness (QED) is 0.187. The molecule has 4 rings (SSSR count). The molecule has 0 fully saturated rings. The van der Waals surface area contributed by atoms with Gasteiger partial charge in [-0.1, -0.05) is 30.8 Å². The lowest BCUT2D eigenvalue weighted by molar-refractivity contribution is -0.139. The summed E-state index contributed by atoms with van der Waals surface area (Å²) in [5, 5.41) is 0. The number of benzene rings is 3. The Balaban J connectivity index is 1.59. The molecule has 0 radical (unpaired) electrons. The van der Waals surface area contributed by atoms with E-state index in [-0.39, 0.29) is 13.2 Å². The van der Waals surface area contributed by atoms with Crippen molar-refractivity contribution in [1.29, 1.82) is 0 Å². The van der Waals surface area contributed by atoms with Gasteiger partial charge in [-0.05, 0) is 55.5 Å². The molecule has 0 unspecified atom stereocenters. The molecule has 3 aromatic carbocycles. The van der Waals surface area contributed by atoms with Crippen LogP contribution in [-0.2, 0) is 30.3 Å². The largest absolute Gasteiger partial charge is 0.490 e.